The second-order valence-electron chi connectivity index (χ2n) is 6.80. The maximum atomic E-state index is 12.1. The zero-order valence-electron chi connectivity index (χ0n) is 12.9. The highest BCUT2D eigenvalue weighted by molar-refractivity contribution is 5.71. The van der Waals surface area contributed by atoms with Crippen LogP contribution in [0.1, 0.15) is 57.1 Å². The fourth-order valence-electron chi connectivity index (χ4n) is 2.67. The molecule has 1 aromatic rings. The quantitative estimate of drug-likeness (QED) is 0.671. The fraction of sp³-hybridized carbons (Fsp3) is 0.588. The molecule has 1 atom stereocenters. The maximum absolute atomic E-state index is 12.1. The summed E-state index contributed by atoms with van der Waals surface area (Å²) in [7, 11) is 0. The number of hydrogen-bond acceptors (Lipinski definition) is 3. The monoisotopic (exact) mass is 275 g/mol. The van der Waals surface area contributed by atoms with E-state index < -0.39 is 5.60 Å². The van der Waals surface area contributed by atoms with Crippen molar-refractivity contribution in [2.24, 2.45) is 5.92 Å². The van der Waals surface area contributed by atoms with Crippen LogP contribution in [0.3, 0.4) is 0 Å². The molecule has 2 N–H and O–H groups in total. The van der Waals surface area contributed by atoms with Crippen LogP contribution in [0.4, 0.5) is 5.69 Å². The van der Waals surface area contributed by atoms with E-state index in [-0.39, 0.29) is 11.9 Å². The van der Waals surface area contributed by atoms with Gasteiger partial charge in [0.25, 0.3) is 0 Å². The van der Waals surface area contributed by atoms with E-state index >= 15 is 0 Å². The van der Waals surface area contributed by atoms with E-state index in [9.17, 15) is 4.79 Å². The second kappa shape index (κ2) is 5.47. The van der Waals surface area contributed by atoms with E-state index in [0.29, 0.717) is 12.3 Å². The van der Waals surface area contributed by atoms with Crippen molar-refractivity contribution in [3.8, 4) is 0 Å². The van der Waals surface area contributed by atoms with Crippen molar-refractivity contribution in [1.29, 1.82) is 0 Å². The van der Waals surface area contributed by atoms with Crippen LogP contribution in [-0.4, -0.2) is 11.6 Å². The Bertz CT molecular complexity index is 498. The lowest BCUT2D eigenvalue weighted by Crippen LogP contribution is -2.25. The van der Waals surface area contributed by atoms with Gasteiger partial charge < -0.3 is 10.5 Å². The van der Waals surface area contributed by atoms with Crippen molar-refractivity contribution < 1.29 is 9.53 Å². The third-order valence-corrected chi connectivity index (χ3v) is 3.81. The molecule has 1 aliphatic carbocycles. The van der Waals surface area contributed by atoms with Gasteiger partial charge in [-0.2, -0.15) is 0 Å². The average Bonchev–Trinajstić information content (AvgIpc) is 3.12. The van der Waals surface area contributed by atoms with Crippen LogP contribution in [0.25, 0.3) is 0 Å². The number of benzene rings is 1. The first-order valence-electron chi connectivity index (χ1n) is 7.35. The van der Waals surface area contributed by atoms with Gasteiger partial charge in [-0.25, -0.2) is 0 Å². The fourth-order valence-corrected chi connectivity index (χ4v) is 2.67. The molecule has 0 spiro atoms. The Balaban J connectivity index is 2.16. The Morgan fingerprint density at radius 3 is 2.60 bits per heavy atom. The molecule has 20 heavy (non-hydrogen) atoms. The van der Waals surface area contributed by atoms with Crippen LogP contribution in [0.15, 0.2) is 18.2 Å². The van der Waals surface area contributed by atoms with E-state index in [4.69, 9.17) is 10.5 Å². The molecule has 3 nitrogen and oxygen atoms in total. The van der Waals surface area contributed by atoms with Crippen molar-refractivity contribution in [1.82, 2.24) is 0 Å². The Hall–Kier alpha value is -1.51. The van der Waals surface area contributed by atoms with Gasteiger partial charge in [0, 0.05) is 5.69 Å². The van der Waals surface area contributed by atoms with Gasteiger partial charge in [-0.15, -0.1) is 0 Å². The third kappa shape index (κ3) is 3.75. The molecule has 1 saturated carbocycles. The van der Waals surface area contributed by atoms with Gasteiger partial charge in [0.1, 0.15) is 5.60 Å². The lowest BCUT2D eigenvalue weighted by atomic mass is 9.87. The molecule has 0 aliphatic heterocycles. The number of ether oxygens (including phenoxy) is 1. The Kier molecular flexibility index (Phi) is 4.07. The number of rotatable bonds is 4. The predicted molar refractivity (Wildman–Crippen MR) is 81.5 cm³/mol. The molecule has 0 radical (unpaired) electrons. The van der Waals surface area contributed by atoms with Crippen molar-refractivity contribution in [3.05, 3.63) is 29.3 Å². The van der Waals surface area contributed by atoms with Gasteiger partial charge in [0.2, 0.25) is 0 Å². The van der Waals surface area contributed by atoms with Crippen LogP contribution in [0.5, 0.6) is 0 Å². The number of nitrogens with two attached hydrogens (primary N) is 1. The normalized spacial score (nSPS) is 16.8. The Labute approximate surface area is 121 Å². The highest BCUT2D eigenvalue weighted by atomic mass is 16.6. The van der Waals surface area contributed by atoms with Crippen LogP contribution < -0.4 is 5.73 Å². The van der Waals surface area contributed by atoms with Crippen LogP contribution in [0, 0.1) is 12.8 Å². The smallest absolute Gasteiger partial charge is 0.306 e. The molecule has 0 bridgehead atoms. The van der Waals surface area contributed by atoms with E-state index in [1.165, 1.54) is 18.4 Å². The number of nitrogen functional groups attached to an aromatic ring is 1. The minimum atomic E-state index is -0.421. The second-order valence-corrected chi connectivity index (χ2v) is 6.80. The molecule has 0 unspecified atom stereocenters. The van der Waals surface area contributed by atoms with Gasteiger partial charge >= 0.3 is 5.97 Å². The summed E-state index contributed by atoms with van der Waals surface area (Å²) in [6, 6.07) is 5.98. The predicted octanol–water partition coefficient (Wildman–Crippen LogP) is 3.80. The number of carbonyl (C=O) groups excluding carboxylic acids is 1. The molecule has 110 valence electrons. The van der Waals surface area contributed by atoms with E-state index in [1.807, 2.05) is 39.8 Å². The minimum absolute atomic E-state index is 0.115. The zero-order chi connectivity index (χ0) is 14.9. The van der Waals surface area contributed by atoms with Gasteiger partial charge in [0.15, 0.2) is 0 Å². The first-order valence-corrected chi connectivity index (χ1v) is 7.35. The molecule has 0 heterocycles. The van der Waals surface area contributed by atoms with Gasteiger partial charge in [0.05, 0.1) is 6.42 Å². The lowest BCUT2D eigenvalue weighted by Gasteiger charge is -2.23. The van der Waals surface area contributed by atoms with E-state index in [0.717, 1.165) is 11.3 Å². The Morgan fingerprint density at radius 2 is 2.05 bits per heavy atom. The lowest BCUT2D eigenvalue weighted by molar-refractivity contribution is -0.155. The average molecular weight is 275 g/mol. The Morgan fingerprint density at radius 1 is 1.40 bits per heavy atom. The summed E-state index contributed by atoms with van der Waals surface area (Å²) in [6.07, 6.45) is 2.84. The number of esters is 1. The molecular weight excluding hydrogens is 250 g/mol. The van der Waals surface area contributed by atoms with Gasteiger partial charge in [-0.1, -0.05) is 12.1 Å². The summed E-state index contributed by atoms with van der Waals surface area (Å²) in [5.41, 5.74) is 8.69. The zero-order valence-corrected chi connectivity index (χ0v) is 12.9. The minimum Gasteiger partial charge on any atom is -0.460 e. The van der Waals surface area contributed by atoms with Crippen molar-refractivity contribution in [3.63, 3.8) is 0 Å². The summed E-state index contributed by atoms with van der Waals surface area (Å²) in [6.45, 7) is 7.75. The summed E-state index contributed by atoms with van der Waals surface area (Å²) in [5.74, 6) is 0.729. The number of hydrogen-bond donors (Lipinski definition) is 1. The summed E-state index contributed by atoms with van der Waals surface area (Å²) < 4.78 is 5.47. The summed E-state index contributed by atoms with van der Waals surface area (Å²) in [5, 5.41) is 0. The van der Waals surface area contributed by atoms with Gasteiger partial charge in [-0.3, -0.25) is 4.79 Å². The summed E-state index contributed by atoms with van der Waals surface area (Å²) in [4.78, 5) is 12.1. The molecule has 1 aromatic carbocycles. The standard InChI is InChI=1S/C17H25NO2/c1-11-13(6-5-7-15(11)18)14(12-8-9-12)10-16(19)20-17(2,3)4/h5-7,12,14H,8-10,18H2,1-4H3/t14-/m0/s1. The van der Waals surface area contributed by atoms with Crippen LogP contribution in [0.2, 0.25) is 0 Å². The third-order valence-electron chi connectivity index (χ3n) is 3.81. The molecule has 0 aromatic heterocycles. The topological polar surface area (TPSA) is 52.3 Å². The van der Waals surface area contributed by atoms with Crippen LogP contribution >= 0.6 is 0 Å². The number of anilines is 1. The summed E-state index contributed by atoms with van der Waals surface area (Å²) >= 11 is 0. The van der Waals surface area contributed by atoms with Crippen LogP contribution in [-0.2, 0) is 9.53 Å². The molecule has 3 heteroatoms. The highest BCUT2D eigenvalue weighted by Crippen LogP contribution is 2.46. The highest BCUT2D eigenvalue weighted by Gasteiger charge is 2.35. The van der Waals surface area contributed by atoms with E-state index in [1.54, 1.807) is 0 Å². The molecule has 0 amide bonds. The van der Waals surface area contributed by atoms with Crippen molar-refractivity contribution >= 4 is 11.7 Å². The first-order chi connectivity index (χ1) is 9.28. The SMILES string of the molecule is Cc1c(N)cccc1[C@@H](CC(=O)OC(C)(C)C)C1CC1. The number of carbonyl (C=O) groups is 1. The molecule has 0 saturated heterocycles. The largest absolute Gasteiger partial charge is 0.460 e. The van der Waals surface area contributed by atoms with Crippen molar-refractivity contribution in [2.75, 3.05) is 5.73 Å². The molecule has 1 fully saturated rings. The first kappa shape index (κ1) is 14.9. The molecular formula is C17H25NO2. The van der Waals surface area contributed by atoms with Crippen molar-refractivity contribution in [2.45, 2.75) is 58.5 Å². The maximum Gasteiger partial charge on any atom is 0.306 e. The van der Waals surface area contributed by atoms with E-state index in [2.05, 4.69) is 6.07 Å². The molecule has 1 aliphatic rings. The molecule has 2 rings (SSSR count). The van der Waals surface area contributed by atoms with Gasteiger partial charge in [-0.05, 0) is 69.6 Å².